The lowest BCUT2D eigenvalue weighted by molar-refractivity contribution is -0.117. The van der Waals surface area contributed by atoms with E-state index in [1.807, 2.05) is 65.2 Å². The van der Waals surface area contributed by atoms with E-state index in [2.05, 4.69) is 20.8 Å². The molecule has 4 aromatic rings. The number of imide groups is 1. The Morgan fingerprint density at radius 3 is 2.18 bits per heavy atom. The van der Waals surface area contributed by atoms with Crippen LogP contribution in [0.1, 0.15) is 11.1 Å². The van der Waals surface area contributed by atoms with Crippen molar-refractivity contribution in [2.75, 3.05) is 5.75 Å². The molecule has 0 bridgehead atoms. The number of nitrogens with one attached hydrogen (secondary N) is 2. The first-order valence-electron chi connectivity index (χ1n) is 10.6. The van der Waals surface area contributed by atoms with E-state index in [0.29, 0.717) is 29.6 Å². The lowest BCUT2D eigenvalue weighted by Crippen LogP contribution is -2.40. The molecular formula is C25H22FN5O2S. The van der Waals surface area contributed by atoms with Gasteiger partial charge in [-0.15, -0.1) is 10.2 Å². The average Bonchev–Trinajstić information content (AvgIpc) is 3.25. The van der Waals surface area contributed by atoms with Gasteiger partial charge in [0.2, 0.25) is 5.91 Å². The second kappa shape index (κ2) is 11.2. The van der Waals surface area contributed by atoms with Crippen LogP contribution >= 0.6 is 11.8 Å². The third-order valence-corrected chi connectivity index (χ3v) is 5.85. The molecule has 0 saturated carbocycles. The summed E-state index contributed by atoms with van der Waals surface area (Å²) in [4.78, 5) is 24.4. The first kappa shape index (κ1) is 23.2. The summed E-state index contributed by atoms with van der Waals surface area (Å²) >= 11 is 1.17. The molecule has 0 atom stereocenters. The Labute approximate surface area is 200 Å². The second-order valence-corrected chi connectivity index (χ2v) is 8.33. The number of halogens is 1. The number of carbonyl (C=O) groups is 2. The Hall–Kier alpha value is -3.98. The van der Waals surface area contributed by atoms with Crippen LogP contribution in [0.3, 0.4) is 0 Å². The first-order chi connectivity index (χ1) is 16.6. The van der Waals surface area contributed by atoms with E-state index in [-0.39, 0.29) is 11.6 Å². The smallest absolute Gasteiger partial charge is 0.321 e. The molecule has 0 unspecified atom stereocenters. The molecule has 3 amide bonds. The number of aromatic nitrogens is 3. The number of benzene rings is 3. The number of nitrogens with zero attached hydrogens (tertiary/aromatic N) is 3. The summed E-state index contributed by atoms with van der Waals surface area (Å²) in [6.45, 7) is 0.793. The minimum Gasteiger partial charge on any atom is -0.334 e. The molecule has 0 aliphatic carbocycles. The number of hydrogen-bond acceptors (Lipinski definition) is 5. The number of carbonyl (C=O) groups excluding carboxylic acids is 2. The Morgan fingerprint density at radius 1 is 0.853 bits per heavy atom. The summed E-state index contributed by atoms with van der Waals surface area (Å²) in [6.07, 6.45) is 0. The Kier molecular flexibility index (Phi) is 7.67. The molecule has 34 heavy (non-hydrogen) atoms. The molecule has 1 heterocycles. The normalized spacial score (nSPS) is 10.6. The van der Waals surface area contributed by atoms with Crippen molar-refractivity contribution in [2.24, 2.45) is 0 Å². The number of amides is 3. The zero-order chi connectivity index (χ0) is 23.8. The van der Waals surface area contributed by atoms with Crippen molar-refractivity contribution >= 4 is 23.7 Å². The maximum absolute atomic E-state index is 13.4. The van der Waals surface area contributed by atoms with Crippen molar-refractivity contribution in [3.63, 3.8) is 0 Å². The van der Waals surface area contributed by atoms with Gasteiger partial charge in [-0.2, -0.15) is 0 Å². The fraction of sp³-hybridized carbons (Fsp3) is 0.120. The van der Waals surface area contributed by atoms with Gasteiger partial charge in [-0.1, -0.05) is 72.4 Å². The summed E-state index contributed by atoms with van der Waals surface area (Å²) in [5.41, 5.74) is 2.67. The van der Waals surface area contributed by atoms with Gasteiger partial charge in [0, 0.05) is 12.1 Å². The van der Waals surface area contributed by atoms with Crippen LogP contribution in [0.25, 0.3) is 11.4 Å². The van der Waals surface area contributed by atoms with E-state index in [1.165, 1.54) is 23.9 Å². The molecule has 2 N–H and O–H groups in total. The molecule has 0 spiro atoms. The maximum Gasteiger partial charge on any atom is 0.321 e. The quantitative estimate of drug-likeness (QED) is 0.372. The van der Waals surface area contributed by atoms with Crippen molar-refractivity contribution in [1.82, 2.24) is 25.4 Å². The minimum absolute atomic E-state index is 0.0188. The molecule has 9 heteroatoms. The van der Waals surface area contributed by atoms with Gasteiger partial charge in [0.1, 0.15) is 5.82 Å². The Balaban J connectivity index is 1.42. The fourth-order valence-electron chi connectivity index (χ4n) is 3.23. The minimum atomic E-state index is -0.563. The van der Waals surface area contributed by atoms with Crippen LogP contribution in [0.5, 0.6) is 0 Å². The van der Waals surface area contributed by atoms with Gasteiger partial charge in [0.05, 0.1) is 12.3 Å². The van der Waals surface area contributed by atoms with E-state index in [1.54, 1.807) is 12.1 Å². The molecule has 0 saturated heterocycles. The summed E-state index contributed by atoms with van der Waals surface area (Å²) in [6, 6.07) is 24.6. The van der Waals surface area contributed by atoms with Gasteiger partial charge in [0.15, 0.2) is 11.0 Å². The predicted molar refractivity (Wildman–Crippen MR) is 129 cm³/mol. The summed E-state index contributed by atoms with van der Waals surface area (Å²) in [7, 11) is 0. The monoisotopic (exact) mass is 475 g/mol. The van der Waals surface area contributed by atoms with Crippen molar-refractivity contribution in [1.29, 1.82) is 0 Å². The highest BCUT2D eigenvalue weighted by atomic mass is 32.2. The highest BCUT2D eigenvalue weighted by Gasteiger charge is 2.17. The van der Waals surface area contributed by atoms with Crippen LogP contribution in [-0.2, 0) is 17.9 Å². The SMILES string of the molecule is O=C(CSc1nnc(-c2ccc(F)cc2)n1Cc1ccccc1)NC(=O)NCc1ccccc1. The summed E-state index contributed by atoms with van der Waals surface area (Å²) in [5.74, 6) is -0.245. The largest absolute Gasteiger partial charge is 0.334 e. The van der Waals surface area contributed by atoms with E-state index in [4.69, 9.17) is 0 Å². The van der Waals surface area contributed by atoms with Gasteiger partial charge in [-0.3, -0.25) is 14.7 Å². The molecular weight excluding hydrogens is 453 g/mol. The van der Waals surface area contributed by atoms with Crippen molar-refractivity contribution < 1.29 is 14.0 Å². The lowest BCUT2D eigenvalue weighted by Gasteiger charge is -2.11. The number of rotatable bonds is 8. The van der Waals surface area contributed by atoms with Crippen LogP contribution in [0.15, 0.2) is 90.1 Å². The van der Waals surface area contributed by atoms with Gasteiger partial charge in [-0.25, -0.2) is 9.18 Å². The highest BCUT2D eigenvalue weighted by molar-refractivity contribution is 7.99. The van der Waals surface area contributed by atoms with Gasteiger partial charge in [-0.05, 0) is 35.4 Å². The Bertz CT molecular complexity index is 1250. The maximum atomic E-state index is 13.4. The van der Waals surface area contributed by atoms with E-state index >= 15 is 0 Å². The van der Waals surface area contributed by atoms with E-state index in [9.17, 15) is 14.0 Å². The third-order valence-electron chi connectivity index (χ3n) is 4.88. The highest BCUT2D eigenvalue weighted by Crippen LogP contribution is 2.25. The summed E-state index contributed by atoms with van der Waals surface area (Å²) in [5, 5.41) is 14.0. The van der Waals surface area contributed by atoms with Crippen LogP contribution in [-0.4, -0.2) is 32.5 Å². The molecule has 172 valence electrons. The molecule has 0 fully saturated rings. The van der Waals surface area contributed by atoms with E-state index in [0.717, 1.165) is 11.1 Å². The third kappa shape index (κ3) is 6.29. The van der Waals surface area contributed by atoms with Crippen LogP contribution < -0.4 is 10.6 Å². The molecule has 0 radical (unpaired) electrons. The second-order valence-electron chi connectivity index (χ2n) is 7.39. The molecule has 4 rings (SSSR count). The predicted octanol–water partition coefficient (Wildman–Crippen LogP) is 4.25. The van der Waals surface area contributed by atoms with Crippen molar-refractivity contribution in [2.45, 2.75) is 18.2 Å². The Morgan fingerprint density at radius 2 is 1.50 bits per heavy atom. The molecule has 0 aliphatic heterocycles. The van der Waals surface area contributed by atoms with Crippen LogP contribution in [0, 0.1) is 5.82 Å². The van der Waals surface area contributed by atoms with Crippen LogP contribution in [0.4, 0.5) is 9.18 Å². The van der Waals surface area contributed by atoms with Gasteiger partial charge >= 0.3 is 6.03 Å². The number of hydrogen-bond donors (Lipinski definition) is 2. The molecule has 1 aromatic heterocycles. The number of thioether (sulfide) groups is 1. The molecule has 0 aliphatic rings. The lowest BCUT2D eigenvalue weighted by atomic mass is 10.2. The van der Waals surface area contributed by atoms with Crippen molar-refractivity contribution in [3.8, 4) is 11.4 Å². The van der Waals surface area contributed by atoms with Crippen LogP contribution in [0.2, 0.25) is 0 Å². The van der Waals surface area contributed by atoms with Crippen molar-refractivity contribution in [3.05, 3.63) is 102 Å². The zero-order valence-electron chi connectivity index (χ0n) is 18.1. The zero-order valence-corrected chi connectivity index (χ0v) is 19.0. The topological polar surface area (TPSA) is 88.9 Å². The standard InChI is InChI=1S/C25H22FN5O2S/c26-21-13-11-20(12-14-21)23-29-30-25(31(23)16-19-9-5-2-6-10-19)34-17-22(32)28-24(33)27-15-18-7-3-1-4-8-18/h1-14H,15-17H2,(H2,27,28,32,33). The average molecular weight is 476 g/mol. The molecule has 3 aromatic carbocycles. The van der Waals surface area contributed by atoms with Gasteiger partial charge in [0.25, 0.3) is 0 Å². The van der Waals surface area contributed by atoms with Gasteiger partial charge < -0.3 is 5.32 Å². The fourth-order valence-corrected chi connectivity index (χ4v) is 3.97. The van der Waals surface area contributed by atoms with E-state index < -0.39 is 11.9 Å². The summed E-state index contributed by atoms with van der Waals surface area (Å²) < 4.78 is 15.3. The number of urea groups is 1. The first-order valence-corrected chi connectivity index (χ1v) is 11.5. The molecule has 7 nitrogen and oxygen atoms in total.